The van der Waals surface area contributed by atoms with E-state index in [1.54, 1.807) is 40.1 Å². The first kappa shape index (κ1) is 23.6. The van der Waals surface area contributed by atoms with E-state index in [0.717, 1.165) is 17.7 Å². The van der Waals surface area contributed by atoms with Gasteiger partial charge in [-0.15, -0.1) is 0 Å². The quantitative estimate of drug-likeness (QED) is 0.450. The monoisotopic (exact) mass is 487 g/mol. The Balaban J connectivity index is 1.55. The van der Waals surface area contributed by atoms with E-state index >= 15 is 0 Å². The number of urea groups is 1. The van der Waals surface area contributed by atoms with Crippen LogP contribution in [0.5, 0.6) is 0 Å². The van der Waals surface area contributed by atoms with Crippen molar-refractivity contribution in [2.45, 2.75) is 19.1 Å². The maximum atomic E-state index is 13.3. The lowest BCUT2D eigenvalue weighted by atomic mass is 10.1. The fourth-order valence-corrected chi connectivity index (χ4v) is 4.03. The smallest absolute Gasteiger partial charge is 0.320 e. The molecule has 1 heterocycles. The number of para-hydroxylation sites is 2. The topological polar surface area (TPSA) is 52.7 Å². The van der Waals surface area contributed by atoms with Gasteiger partial charge in [-0.2, -0.15) is 13.2 Å². The van der Waals surface area contributed by atoms with Crippen molar-refractivity contribution in [3.8, 4) is 0 Å². The average molecular weight is 488 g/mol. The highest BCUT2D eigenvalue weighted by Gasteiger charge is 2.31. The standard InChI is InChI=1S/C25H21ClF3N3O2/c26-20-10-2-1-7-18(20)16-31-13-6-14-32(24(31)34)22-12-4-3-11-21(22)30-23(33)17-8-5-9-19(15-17)25(27,28)29/h1-5,7-12,15H,6,13-14,16H2,(H,30,33). The van der Waals surface area contributed by atoms with Crippen LogP contribution in [0.3, 0.4) is 0 Å². The third kappa shape index (κ3) is 5.17. The molecule has 3 aromatic carbocycles. The molecule has 1 aliphatic rings. The van der Waals surface area contributed by atoms with Gasteiger partial charge >= 0.3 is 12.2 Å². The molecule has 0 spiro atoms. The van der Waals surface area contributed by atoms with Gasteiger partial charge in [-0.1, -0.05) is 48.0 Å². The molecule has 0 atom stereocenters. The zero-order valence-electron chi connectivity index (χ0n) is 18.0. The zero-order chi connectivity index (χ0) is 24.3. The normalized spacial score (nSPS) is 14.3. The molecule has 1 saturated heterocycles. The molecule has 0 aromatic heterocycles. The summed E-state index contributed by atoms with van der Waals surface area (Å²) in [4.78, 5) is 29.3. The Morgan fingerprint density at radius 1 is 0.971 bits per heavy atom. The van der Waals surface area contributed by atoms with Crippen LogP contribution < -0.4 is 10.2 Å². The molecule has 4 rings (SSSR count). The molecule has 3 aromatic rings. The van der Waals surface area contributed by atoms with Crippen molar-refractivity contribution in [3.05, 3.63) is 94.5 Å². The van der Waals surface area contributed by atoms with Crippen molar-refractivity contribution in [1.82, 2.24) is 4.90 Å². The summed E-state index contributed by atoms with van der Waals surface area (Å²) in [5.41, 5.74) is 0.588. The first-order valence-corrected chi connectivity index (χ1v) is 11.0. The van der Waals surface area contributed by atoms with Crippen molar-refractivity contribution in [3.63, 3.8) is 0 Å². The molecule has 0 aliphatic carbocycles. The maximum absolute atomic E-state index is 13.3. The number of nitrogens with one attached hydrogen (secondary N) is 1. The highest BCUT2D eigenvalue weighted by Crippen LogP contribution is 2.32. The van der Waals surface area contributed by atoms with E-state index in [4.69, 9.17) is 11.6 Å². The Bertz CT molecular complexity index is 1220. The van der Waals surface area contributed by atoms with Gasteiger partial charge in [0, 0.05) is 30.2 Å². The Kier molecular flexibility index (Phi) is 6.79. The minimum absolute atomic E-state index is 0.130. The van der Waals surface area contributed by atoms with E-state index in [0.29, 0.717) is 42.5 Å². The molecule has 5 nitrogen and oxygen atoms in total. The molecule has 176 valence electrons. The number of benzene rings is 3. The number of hydrogen-bond donors (Lipinski definition) is 1. The predicted molar refractivity (Wildman–Crippen MR) is 125 cm³/mol. The van der Waals surface area contributed by atoms with Crippen LogP contribution in [0.2, 0.25) is 5.02 Å². The van der Waals surface area contributed by atoms with Crippen molar-refractivity contribution in [1.29, 1.82) is 0 Å². The van der Waals surface area contributed by atoms with Crippen LogP contribution in [0.1, 0.15) is 27.9 Å². The third-order valence-electron chi connectivity index (χ3n) is 5.53. The van der Waals surface area contributed by atoms with Crippen LogP contribution in [0, 0.1) is 0 Å². The molecule has 0 saturated carbocycles. The number of hydrogen-bond acceptors (Lipinski definition) is 2. The summed E-state index contributed by atoms with van der Waals surface area (Å²) in [5, 5.41) is 3.23. The van der Waals surface area contributed by atoms with Crippen molar-refractivity contribution in [2.75, 3.05) is 23.3 Å². The Hall–Kier alpha value is -3.52. The van der Waals surface area contributed by atoms with Crippen LogP contribution in [0.4, 0.5) is 29.3 Å². The third-order valence-corrected chi connectivity index (χ3v) is 5.89. The number of nitrogens with zero attached hydrogens (tertiary/aromatic N) is 2. The van der Waals surface area contributed by atoms with E-state index in [9.17, 15) is 22.8 Å². The van der Waals surface area contributed by atoms with Gasteiger partial charge < -0.3 is 10.2 Å². The van der Waals surface area contributed by atoms with Gasteiger partial charge in [-0.05, 0) is 48.4 Å². The fourth-order valence-electron chi connectivity index (χ4n) is 3.83. The van der Waals surface area contributed by atoms with Crippen LogP contribution in [0.25, 0.3) is 0 Å². The molecule has 1 N–H and O–H groups in total. The van der Waals surface area contributed by atoms with E-state index in [1.165, 1.54) is 12.1 Å². The number of rotatable bonds is 5. The highest BCUT2D eigenvalue weighted by atomic mass is 35.5. The predicted octanol–water partition coefficient (Wildman–Crippen LogP) is 6.44. The Morgan fingerprint density at radius 2 is 1.71 bits per heavy atom. The molecule has 34 heavy (non-hydrogen) atoms. The summed E-state index contributed by atoms with van der Waals surface area (Å²) in [6, 6.07) is 18.0. The second-order valence-corrected chi connectivity index (χ2v) is 8.26. The van der Waals surface area contributed by atoms with Gasteiger partial charge in [0.05, 0.1) is 16.9 Å². The lowest BCUT2D eigenvalue weighted by Gasteiger charge is -2.36. The molecule has 0 bridgehead atoms. The highest BCUT2D eigenvalue weighted by molar-refractivity contribution is 6.31. The number of amides is 3. The molecule has 1 aliphatic heterocycles. The van der Waals surface area contributed by atoms with Crippen molar-refractivity contribution < 1.29 is 22.8 Å². The summed E-state index contributed by atoms with van der Waals surface area (Å²) < 4.78 is 39.1. The molecule has 9 heteroatoms. The minimum Gasteiger partial charge on any atom is -0.320 e. The van der Waals surface area contributed by atoms with Gasteiger partial charge in [0.25, 0.3) is 5.91 Å². The molecule has 0 radical (unpaired) electrons. The first-order chi connectivity index (χ1) is 16.2. The maximum Gasteiger partial charge on any atom is 0.416 e. The minimum atomic E-state index is -4.56. The Labute approximate surface area is 199 Å². The molecule has 3 amide bonds. The van der Waals surface area contributed by atoms with Gasteiger partial charge in [0.15, 0.2) is 0 Å². The lowest BCUT2D eigenvalue weighted by Crippen LogP contribution is -2.49. The molecule has 0 unspecified atom stereocenters. The van der Waals surface area contributed by atoms with Gasteiger partial charge in [-0.25, -0.2) is 4.79 Å². The van der Waals surface area contributed by atoms with Gasteiger partial charge in [0.2, 0.25) is 0 Å². The zero-order valence-corrected chi connectivity index (χ0v) is 18.7. The van der Waals surface area contributed by atoms with Gasteiger partial charge in [0.1, 0.15) is 0 Å². The van der Waals surface area contributed by atoms with E-state index < -0.39 is 17.6 Å². The summed E-state index contributed by atoms with van der Waals surface area (Å²) in [6.07, 6.45) is -3.86. The average Bonchev–Trinajstić information content (AvgIpc) is 2.82. The SMILES string of the molecule is O=C(Nc1ccccc1N1CCCN(Cc2ccccc2Cl)C1=O)c1cccc(C(F)(F)F)c1. The second-order valence-electron chi connectivity index (χ2n) is 7.85. The van der Waals surface area contributed by atoms with Crippen LogP contribution in [-0.2, 0) is 12.7 Å². The van der Waals surface area contributed by atoms with E-state index in [2.05, 4.69) is 5.32 Å². The largest absolute Gasteiger partial charge is 0.416 e. The first-order valence-electron chi connectivity index (χ1n) is 10.6. The second kappa shape index (κ2) is 9.77. The number of carbonyl (C=O) groups is 2. The molecule has 1 fully saturated rings. The van der Waals surface area contributed by atoms with E-state index in [-0.39, 0.29) is 11.6 Å². The Morgan fingerprint density at radius 3 is 2.47 bits per heavy atom. The van der Waals surface area contributed by atoms with Crippen LogP contribution >= 0.6 is 11.6 Å². The van der Waals surface area contributed by atoms with Crippen molar-refractivity contribution in [2.24, 2.45) is 0 Å². The van der Waals surface area contributed by atoms with Crippen LogP contribution in [-0.4, -0.2) is 29.9 Å². The summed E-state index contributed by atoms with van der Waals surface area (Å²) >= 11 is 6.26. The molecular weight excluding hydrogens is 467 g/mol. The number of halogens is 4. The number of carbonyl (C=O) groups excluding carboxylic acids is 2. The van der Waals surface area contributed by atoms with E-state index in [1.807, 2.05) is 18.2 Å². The summed E-state index contributed by atoms with van der Waals surface area (Å²) in [7, 11) is 0. The van der Waals surface area contributed by atoms with Gasteiger partial charge in [-0.3, -0.25) is 9.69 Å². The van der Waals surface area contributed by atoms with Crippen LogP contribution in [0.15, 0.2) is 72.8 Å². The van der Waals surface area contributed by atoms with Crippen molar-refractivity contribution >= 4 is 34.9 Å². The fraction of sp³-hybridized carbons (Fsp3) is 0.200. The number of alkyl halides is 3. The number of anilines is 2. The summed E-state index contributed by atoms with van der Waals surface area (Å²) in [6.45, 7) is 1.33. The lowest BCUT2D eigenvalue weighted by molar-refractivity contribution is -0.137. The summed E-state index contributed by atoms with van der Waals surface area (Å²) in [5.74, 6) is -0.698. The molecular formula is C25H21ClF3N3O2.